The molecule has 0 aromatic heterocycles. The third-order valence-electron chi connectivity index (χ3n) is 3.74. The minimum Gasteiger partial charge on any atom is -0.460 e. The van der Waals surface area contributed by atoms with E-state index < -0.39 is 34.2 Å². The van der Waals surface area contributed by atoms with E-state index in [2.05, 4.69) is 6.58 Å². The highest BCUT2D eigenvalue weighted by Crippen LogP contribution is 2.40. The molecule has 8 heteroatoms. The molecule has 1 amide bonds. The Morgan fingerprint density at radius 2 is 2.00 bits per heavy atom. The Balaban J connectivity index is 2.04. The van der Waals surface area contributed by atoms with Crippen LogP contribution in [0.1, 0.15) is 11.1 Å². The van der Waals surface area contributed by atoms with E-state index in [0.717, 1.165) is 0 Å². The number of amides is 1. The van der Waals surface area contributed by atoms with Crippen molar-refractivity contribution in [2.24, 2.45) is 0 Å². The highest BCUT2D eigenvalue weighted by molar-refractivity contribution is 7.99. The number of rotatable bonds is 4. The number of carbonyl (C=O) groups is 3. The Labute approximate surface area is 138 Å². The van der Waals surface area contributed by atoms with E-state index in [1.807, 2.05) is 0 Å². The van der Waals surface area contributed by atoms with Gasteiger partial charge in [0.2, 0.25) is 0 Å². The number of benzene rings is 1. The summed E-state index contributed by atoms with van der Waals surface area (Å²) in [6.07, 6.45) is 1.27. The van der Waals surface area contributed by atoms with Crippen molar-refractivity contribution in [3.05, 3.63) is 53.6 Å². The predicted octanol–water partition coefficient (Wildman–Crippen LogP) is 0.424. The van der Waals surface area contributed by atoms with E-state index in [9.17, 15) is 22.8 Å². The van der Waals surface area contributed by atoms with Gasteiger partial charge in [-0.25, -0.2) is 12.7 Å². The van der Waals surface area contributed by atoms with Crippen LogP contribution in [-0.4, -0.2) is 43.5 Å². The lowest BCUT2D eigenvalue weighted by Gasteiger charge is -2.16. The average Bonchev–Trinajstić information content (AvgIpc) is 2.74. The first-order valence-corrected chi connectivity index (χ1v) is 8.51. The van der Waals surface area contributed by atoms with Crippen LogP contribution < -0.4 is 0 Å². The quantitative estimate of drug-likeness (QED) is 0.445. The van der Waals surface area contributed by atoms with Crippen molar-refractivity contribution in [3.8, 4) is 0 Å². The summed E-state index contributed by atoms with van der Waals surface area (Å²) >= 11 is 0. The molecule has 0 radical (unpaired) electrons. The van der Waals surface area contributed by atoms with Crippen molar-refractivity contribution in [3.63, 3.8) is 0 Å². The van der Waals surface area contributed by atoms with Crippen LogP contribution >= 0.6 is 0 Å². The highest BCUT2D eigenvalue weighted by Gasteiger charge is 2.49. The third kappa shape index (κ3) is 2.35. The zero-order valence-electron chi connectivity index (χ0n) is 12.5. The Morgan fingerprint density at radius 1 is 1.29 bits per heavy atom. The molecule has 1 heterocycles. The maximum absolute atomic E-state index is 12.7. The van der Waals surface area contributed by atoms with Crippen molar-refractivity contribution in [2.45, 2.75) is 6.42 Å². The molecule has 7 nitrogen and oxygen atoms in total. The lowest BCUT2D eigenvalue weighted by molar-refractivity contribution is -0.145. The third-order valence-corrected chi connectivity index (χ3v) is 5.56. The van der Waals surface area contributed by atoms with Gasteiger partial charge in [-0.1, -0.05) is 36.9 Å². The van der Waals surface area contributed by atoms with E-state index in [1.54, 1.807) is 24.3 Å². The van der Waals surface area contributed by atoms with Gasteiger partial charge < -0.3 is 4.74 Å². The molecule has 3 rings (SSSR count). The van der Waals surface area contributed by atoms with Gasteiger partial charge in [0.25, 0.3) is 15.9 Å². The molecule has 0 bridgehead atoms. The molecule has 1 aromatic rings. The number of hydrogen-bond acceptors (Lipinski definition) is 6. The first kappa shape index (κ1) is 16.1. The number of carbonyl (C=O) groups excluding carboxylic acids is 3. The van der Waals surface area contributed by atoms with Crippen molar-refractivity contribution in [2.75, 3.05) is 13.2 Å². The van der Waals surface area contributed by atoms with Gasteiger partial charge in [-0.2, -0.15) is 0 Å². The molecule has 1 aromatic carbocycles. The Bertz CT molecular complexity index is 912. The number of ether oxygens (including phenoxy) is 1. The summed E-state index contributed by atoms with van der Waals surface area (Å²) in [6.45, 7) is 2.49. The summed E-state index contributed by atoms with van der Waals surface area (Å²) < 4.78 is 30.6. The molecule has 0 spiro atoms. The summed E-state index contributed by atoms with van der Waals surface area (Å²) in [4.78, 5) is 36.0. The summed E-state index contributed by atoms with van der Waals surface area (Å²) in [5, 5.41) is 0. The van der Waals surface area contributed by atoms with Gasteiger partial charge in [-0.05, 0) is 11.1 Å². The number of Topliss-reactive ketones (excluding diaryl/α,β-unsaturated/α-hetero) is 1. The Hall–Kier alpha value is -2.74. The zero-order valence-corrected chi connectivity index (χ0v) is 13.3. The van der Waals surface area contributed by atoms with Gasteiger partial charge in [0.15, 0.2) is 5.78 Å². The molecule has 0 fully saturated rings. The summed E-state index contributed by atoms with van der Waals surface area (Å²) in [6, 6.07) is 6.49. The molecule has 0 unspecified atom stereocenters. The highest BCUT2D eigenvalue weighted by atomic mass is 32.2. The first-order valence-electron chi connectivity index (χ1n) is 7.07. The second kappa shape index (κ2) is 5.72. The lowest BCUT2D eigenvalue weighted by Crippen LogP contribution is -2.37. The van der Waals surface area contributed by atoms with E-state index in [-0.39, 0.29) is 23.5 Å². The fraction of sp³-hybridized carbons (Fsp3) is 0.188. The first-order chi connectivity index (χ1) is 11.4. The second-order valence-electron chi connectivity index (χ2n) is 5.25. The van der Waals surface area contributed by atoms with E-state index >= 15 is 0 Å². The van der Waals surface area contributed by atoms with Crippen LogP contribution in [0.15, 0.2) is 42.5 Å². The summed E-state index contributed by atoms with van der Waals surface area (Å²) in [7, 11) is -4.29. The fourth-order valence-corrected chi connectivity index (χ4v) is 4.46. The molecule has 0 atom stereocenters. The average molecular weight is 347 g/mol. The van der Waals surface area contributed by atoms with Crippen LogP contribution in [0.4, 0.5) is 0 Å². The van der Waals surface area contributed by atoms with Crippen LogP contribution in [0.5, 0.6) is 0 Å². The fourth-order valence-electron chi connectivity index (χ4n) is 2.72. The van der Waals surface area contributed by atoms with Crippen LogP contribution in [-0.2, 0) is 35.6 Å². The molecule has 0 saturated heterocycles. The molecule has 0 saturated carbocycles. The molecular formula is C16H13NO6S. The number of fused-ring (bicyclic) bond motifs is 2. The molecule has 0 N–H and O–H groups in total. The van der Waals surface area contributed by atoms with Crippen molar-refractivity contribution in [1.82, 2.24) is 4.31 Å². The number of sulfonamides is 1. The maximum Gasteiger partial charge on any atom is 0.327 e. The SMILES string of the molecule is C=CCOC(=O)CN1C(=O)C2=C(c3ccccc3CC2=O)S1(=O)=O. The normalized spacial score (nSPS) is 18.2. The Morgan fingerprint density at radius 3 is 2.71 bits per heavy atom. The topological polar surface area (TPSA) is 97.8 Å². The standard InChI is InChI=1S/C16H13NO6S/c1-2-7-23-13(19)9-17-16(20)14-12(18)8-10-5-3-4-6-11(10)15(14)24(17,21)22/h2-6H,1,7-9H2. The van der Waals surface area contributed by atoms with Crippen molar-refractivity contribution >= 4 is 32.6 Å². The minimum atomic E-state index is -4.29. The smallest absolute Gasteiger partial charge is 0.327 e. The monoisotopic (exact) mass is 347 g/mol. The molecule has 2 aliphatic rings. The maximum atomic E-state index is 12.7. The van der Waals surface area contributed by atoms with Crippen LogP contribution in [0.3, 0.4) is 0 Å². The largest absolute Gasteiger partial charge is 0.460 e. The van der Waals surface area contributed by atoms with Gasteiger partial charge in [-0.15, -0.1) is 0 Å². The minimum absolute atomic E-state index is 0.0506. The molecule has 124 valence electrons. The number of esters is 1. The van der Waals surface area contributed by atoms with Crippen LogP contribution in [0.25, 0.3) is 4.91 Å². The van der Waals surface area contributed by atoms with Gasteiger partial charge in [0.05, 0.1) is 0 Å². The van der Waals surface area contributed by atoms with Crippen molar-refractivity contribution in [1.29, 1.82) is 0 Å². The number of ketones is 1. The van der Waals surface area contributed by atoms with Gasteiger partial charge in [-0.3, -0.25) is 14.4 Å². The van der Waals surface area contributed by atoms with Gasteiger partial charge in [0, 0.05) is 6.42 Å². The summed E-state index contributed by atoms with van der Waals surface area (Å²) in [5.74, 6) is -2.45. The predicted molar refractivity (Wildman–Crippen MR) is 83.9 cm³/mol. The summed E-state index contributed by atoms with van der Waals surface area (Å²) in [5.41, 5.74) is 0.473. The van der Waals surface area contributed by atoms with Crippen LogP contribution in [0.2, 0.25) is 0 Å². The van der Waals surface area contributed by atoms with Gasteiger partial charge in [0.1, 0.15) is 23.6 Å². The molecule has 1 aliphatic carbocycles. The van der Waals surface area contributed by atoms with E-state index in [1.165, 1.54) is 6.08 Å². The Kier molecular flexibility index (Phi) is 3.84. The molecule has 24 heavy (non-hydrogen) atoms. The van der Waals surface area contributed by atoms with Gasteiger partial charge >= 0.3 is 5.97 Å². The second-order valence-corrected chi connectivity index (χ2v) is 7.05. The van der Waals surface area contributed by atoms with Crippen molar-refractivity contribution < 1.29 is 27.5 Å². The van der Waals surface area contributed by atoms with Crippen LogP contribution in [0, 0.1) is 0 Å². The number of nitrogens with zero attached hydrogens (tertiary/aromatic N) is 1. The van der Waals surface area contributed by atoms with E-state index in [4.69, 9.17) is 4.74 Å². The lowest BCUT2D eigenvalue weighted by atomic mass is 9.90. The number of hydrogen-bond donors (Lipinski definition) is 0. The zero-order chi connectivity index (χ0) is 17.5. The molecular weight excluding hydrogens is 334 g/mol. The van der Waals surface area contributed by atoms with E-state index in [0.29, 0.717) is 15.4 Å². The molecule has 1 aliphatic heterocycles.